The van der Waals surface area contributed by atoms with Crippen LogP contribution in [0.2, 0.25) is 0 Å². The second-order valence-electron chi connectivity index (χ2n) is 3.65. The first-order chi connectivity index (χ1) is 7.88. The predicted octanol–water partition coefficient (Wildman–Crippen LogP) is -3.08. The third kappa shape index (κ3) is 2.99. The summed E-state index contributed by atoms with van der Waals surface area (Å²) < 4.78 is 9.20. The number of aliphatic hydroxyl groups excluding tert-OH is 4. The third-order valence-electron chi connectivity index (χ3n) is 2.37. The van der Waals surface area contributed by atoms with Gasteiger partial charge < -0.3 is 29.9 Å². The molecule has 8 heteroatoms. The van der Waals surface area contributed by atoms with E-state index in [9.17, 15) is 24.9 Å². The van der Waals surface area contributed by atoms with Gasteiger partial charge in [-0.05, 0) is 0 Å². The van der Waals surface area contributed by atoms with E-state index in [1.54, 1.807) is 0 Å². The van der Waals surface area contributed by atoms with Crippen LogP contribution < -0.4 is 0 Å². The zero-order valence-electron chi connectivity index (χ0n) is 9.02. The van der Waals surface area contributed by atoms with Crippen molar-refractivity contribution in [1.29, 1.82) is 0 Å². The van der Waals surface area contributed by atoms with Gasteiger partial charge in [0.25, 0.3) is 0 Å². The van der Waals surface area contributed by atoms with Gasteiger partial charge in [0.15, 0.2) is 12.4 Å². The van der Waals surface area contributed by atoms with Crippen molar-refractivity contribution in [3.63, 3.8) is 0 Å². The molecule has 5 atom stereocenters. The van der Waals surface area contributed by atoms with Gasteiger partial charge in [-0.1, -0.05) is 0 Å². The van der Waals surface area contributed by atoms with Crippen molar-refractivity contribution in [2.24, 2.45) is 0 Å². The lowest BCUT2D eigenvalue weighted by molar-refractivity contribution is -0.289. The van der Waals surface area contributed by atoms with Crippen LogP contribution in [-0.4, -0.2) is 69.5 Å². The van der Waals surface area contributed by atoms with E-state index in [1.807, 2.05) is 0 Å². The van der Waals surface area contributed by atoms with E-state index >= 15 is 0 Å². The lowest BCUT2D eigenvalue weighted by Gasteiger charge is -2.39. The number of hydrogen-bond acceptors (Lipinski definition) is 8. The fourth-order valence-corrected chi connectivity index (χ4v) is 1.41. The highest BCUT2D eigenvalue weighted by Gasteiger charge is 2.46. The van der Waals surface area contributed by atoms with Crippen LogP contribution in [0.3, 0.4) is 0 Å². The van der Waals surface area contributed by atoms with Crippen molar-refractivity contribution in [3.8, 4) is 0 Å². The Hall–Kier alpha value is -1.06. The van der Waals surface area contributed by atoms with Gasteiger partial charge in [0.1, 0.15) is 18.3 Å². The van der Waals surface area contributed by atoms with Gasteiger partial charge in [-0.15, -0.1) is 0 Å². The van der Waals surface area contributed by atoms with Gasteiger partial charge >= 0.3 is 5.97 Å². The minimum atomic E-state index is -1.72. The summed E-state index contributed by atoms with van der Waals surface area (Å²) in [5.74, 6) is -2.16. The standard InChI is InChI=1S/C9H14O8/c1-3(11)8(14)17-7-5(12)4(2-10)16-9(15)6(7)13/h4-7,9-10,12-13,15H,2H2,1H3/t4-,5-,6-,7+,9?/m1/s1. The molecule has 0 bridgehead atoms. The summed E-state index contributed by atoms with van der Waals surface area (Å²) in [7, 11) is 0. The monoisotopic (exact) mass is 250 g/mol. The summed E-state index contributed by atoms with van der Waals surface area (Å²) in [4.78, 5) is 21.7. The smallest absolute Gasteiger partial charge is 0.374 e. The minimum Gasteiger partial charge on any atom is -0.451 e. The second kappa shape index (κ2) is 5.52. The van der Waals surface area contributed by atoms with Gasteiger partial charge in [0.2, 0.25) is 5.78 Å². The molecule has 0 aromatic heterocycles. The Morgan fingerprint density at radius 1 is 1.24 bits per heavy atom. The summed E-state index contributed by atoms with van der Waals surface area (Å²) >= 11 is 0. The van der Waals surface area contributed by atoms with Crippen LogP contribution in [0, 0.1) is 0 Å². The molecule has 1 unspecified atom stereocenters. The van der Waals surface area contributed by atoms with Gasteiger partial charge in [0.05, 0.1) is 6.61 Å². The number of esters is 1. The van der Waals surface area contributed by atoms with E-state index in [0.29, 0.717) is 0 Å². The summed E-state index contributed by atoms with van der Waals surface area (Å²) in [5.41, 5.74) is 0. The number of ketones is 1. The van der Waals surface area contributed by atoms with E-state index in [1.165, 1.54) is 0 Å². The van der Waals surface area contributed by atoms with Crippen molar-refractivity contribution in [2.45, 2.75) is 37.6 Å². The lowest BCUT2D eigenvalue weighted by Crippen LogP contribution is -2.60. The molecule has 0 aromatic carbocycles. The van der Waals surface area contributed by atoms with Crippen LogP contribution in [0.5, 0.6) is 0 Å². The number of Topliss-reactive ketones (excluding diaryl/α,β-unsaturated/α-hetero) is 1. The minimum absolute atomic E-state index is 0.640. The fraction of sp³-hybridized carbons (Fsp3) is 0.778. The van der Waals surface area contributed by atoms with E-state index in [2.05, 4.69) is 9.47 Å². The van der Waals surface area contributed by atoms with Gasteiger partial charge in [0, 0.05) is 6.92 Å². The van der Waals surface area contributed by atoms with Crippen molar-refractivity contribution < 1.29 is 39.5 Å². The first-order valence-electron chi connectivity index (χ1n) is 4.90. The zero-order valence-corrected chi connectivity index (χ0v) is 9.02. The SMILES string of the molecule is CC(=O)C(=O)O[C@H]1[C@H](O)[C@@H](CO)OC(O)[C@@H]1O. The number of aliphatic hydroxyl groups is 4. The molecule has 0 spiro atoms. The molecule has 1 aliphatic rings. The van der Waals surface area contributed by atoms with E-state index in [4.69, 9.17) is 5.11 Å². The molecule has 1 rings (SSSR count). The average Bonchev–Trinajstić information content (AvgIpc) is 2.28. The highest BCUT2D eigenvalue weighted by molar-refractivity contribution is 6.32. The van der Waals surface area contributed by atoms with Crippen LogP contribution in [0.1, 0.15) is 6.92 Å². The zero-order chi connectivity index (χ0) is 13.2. The molecule has 4 N–H and O–H groups in total. The molecule has 1 saturated heterocycles. The Balaban J connectivity index is 2.78. The molecule has 1 aliphatic heterocycles. The van der Waals surface area contributed by atoms with E-state index in [0.717, 1.165) is 6.92 Å². The van der Waals surface area contributed by atoms with Crippen LogP contribution in [0.25, 0.3) is 0 Å². The summed E-state index contributed by atoms with van der Waals surface area (Å²) in [6.45, 7) is 0.319. The van der Waals surface area contributed by atoms with E-state index in [-0.39, 0.29) is 0 Å². The number of carbonyl (C=O) groups is 2. The maximum atomic E-state index is 11.0. The normalized spacial score (nSPS) is 37.6. The van der Waals surface area contributed by atoms with Gasteiger partial charge in [-0.3, -0.25) is 4.79 Å². The predicted molar refractivity (Wildman–Crippen MR) is 50.5 cm³/mol. The topological polar surface area (TPSA) is 134 Å². The van der Waals surface area contributed by atoms with Gasteiger partial charge in [-0.2, -0.15) is 0 Å². The maximum Gasteiger partial charge on any atom is 0.374 e. The number of rotatable bonds is 3. The Morgan fingerprint density at radius 2 is 1.82 bits per heavy atom. The molecular formula is C9H14O8. The molecule has 1 heterocycles. The first-order valence-corrected chi connectivity index (χ1v) is 4.90. The molecular weight excluding hydrogens is 236 g/mol. The Bertz CT molecular complexity index is 303. The molecule has 98 valence electrons. The molecule has 0 saturated carbocycles. The number of hydrogen-bond donors (Lipinski definition) is 4. The van der Waals surface area contributed by atoms with Crippen LogP contribution >= 0.6 is 0 Å². The molecule has 0 amide bonds. The van der Waals surface area contributed by atoms with E-state index < -0.39 is 49.1 Å². The maximum absolute atomic E-state index is 11.0. The second-order valence-corrected chi connectivity index (χ2v) is 3.65. The van der Waals surface area contributed by atoms with Crippen molar-refractivity contribution in [2.75, 3.05) is 6.61 Å². The number of carbonyl (C=O) groups excluding carboxylic acids is 2. The van der Waals surface area contributed by atoms with Crippen LogP contribution in [0.15, 0.2) is 0 Å². The number of ether oxygens (including phenoxy) is 2. The highest BCUT2D eigenvalue weighted by Crippen LogP contribution is 2.22. The summed E-state index contributed by atoms with van der Waals surface area (Å²) in [6, 6.07) is 0. The summed E-state index contributed by atoms with van der Waals surface area (Å²) in [5, 5.41) is 37.1. The lowest BCUT2D eigenvalue weighted by atomic mass is 9.99. The average molecular weight is 250 g/mol. The van der Waals surface area contributed by atoms with Crippen molar-refractivity contribution in [1.82, 2.24) is 0 Å². The first kappa shape index (κ1) is 14.0. The largest absolute Gasteiger partial charge is 0.451 e. The Kier molecular flexibility index (Phi) is 4.54. The highest BCUT2D eigenvalue weighted by atomic mass is 16.7. The summed E-state index contributed by atoms with van der Waals surface area (Å²) in [6.07, 6.45) is -7.71. The fourth-order valence-electron chi connectivity index (χ4n) is 1.41. The van der Waals surface area contributed by atoms with Crippen molar-refractivity contribution in [3.05, 3.63) is 0 Å². The molecule has 8 nitrogen and oxygen atoms in total. The van der Waals surface area contributed by atoms with Crippen LogP contribution in [-0.2, 0) is 19.1 Å². The third-order valence-corrected chi connectivity index (χ3v) is 2.37. The molecule has 0 aliphatic carbocycles. The molecule has 17 heavy (non-hydrogen) atoms. The molecule has 0 radical (unpaired) electrons. The Morgan fingerprint density at radius 3 is 2.29 bits per heavy atom. The van der Waals surface area contributed by atoms with Crippen molar-refractivity contribution >= 4 is 11.8 Å². The Labute approximate surface area is 96.4 Å². The quantitative estimate of drug-likeness (QED) is 0.306. The van der Waals surface area contributed by atoms with Gasteiger partial charge in [-0.25, -0.2) is 4.79 Å². The van der Waals surface area contributed by atoms with Crippen LogP contribution in [0.4, 0.5) is 0 Å². The molecule has 1 fully saturated rings. The molecule has 0 aromatic rings.